The molecule has 0 saturated heterocycles. The molecule has 0 saturated carbocycles. The summed E-state index contributed by atoms with van der Waals surface area (Å²) in [6.07, 6.45) is 4.75. The van der Waals surface area contributed by atoms with E-state index in [4.69, 9.17) is 0 Å². The molecule has 0 fully saturated rings. The maximum Gasteiger partial charge on any atom is 0.0907 e. The van der Waals surface area contributed by atoms with Crippen molar-refractivity contribution in [3.05, 3.63) is 53.3 Å². The Balaban J connectivity index is 1.73. The normalized spacial score (nSPS) is 10.9. The first kappa shape index (κ1) is 13.1. The Labute approximate surface area is 122 Å². The lowest BCUT2D eigenvalue weighted by molar-refractivity contribution is 0.873. The minimum Gasteiger partial charge on any atom is -0.374 e. The minimum absolute atomic E-state index is 0.981. The zero-order valence-corrected chi connectivity index (χ0v) is 12.5. The first-order chi connectivity index (χ1) is 9.72. The number of thiazole rings is 1. The van der Waals surface area contributed by atoms with Crippen LogP contribution in [0.5, 0.6) is 0 Å². The molecule has 0 aliphatic rings. The van der Waals surface area contributed by atoms with Gasteiger partial charge in [-0.2, -0.15) is 0 Å². The summed E-state index contributed by atoms with van der Waals surface area (Å²) < 4.78 is 1.26. The standard InChI is InChI=1S/C16H17N3S/c1-12-18-15-6-5-14(10-16(15)20-12)19(2)9-7-13-4-3-8-17-11-13/h3-6,8,10-11H,7,9H2,1-2H3. The van der Waals surface area contributed by atoms with E-state index >= 15 is 0 Å². The van der Waals surface area contributed by atoms with Crippen LogP contribution < -0.4 is 4.90 Å². The highest BCUT2D eigenvalue weighted by Crippen LogP contribution is 2.26. The van der Waals surface area contributed by atoms with E-state index in [1.807, 2.05) is 18.5 Å². The van der Waals surface area contributed by atoms with Gasteiger partial charge >= 0.3 is 0 Å². The number of hydrogen-bond donors (Lipinski definition) is 0. The molecule has 1 aromatic carbocycles. The molecule has 0 spiro atoms. The Morgan fingerprint density at radius 3 is 2.95 bits per heavy atom. The molecule has 0 N–H and O–H groups in total. The molecule has 4 heteroatoms. The van der Waals surface area contributed by atoms with E-state index in [0.29, 0.717) is 0 Å². The number of fused-ring (bicyclic) bond motifs is 1. The Bertz CT molecular complexity index is 706. The fraction of sp³-hybridized carbons (Fsp3) is 0.250. The molecule has 0 unspecified atom stereocenters. The molecule has 0 aliphatic heterocycles. The van der Waals surface area contributed by atoms with Crippen molar-refractivity contribution in [1.82, 2.24) is 9.97 Å². The summed E-state index contributed by atoms with van der Waals surface area (Å²) in [5.41, 5.74) is 3.61. The van der Waals surface area contributed by atoms with Crippen molar-refractivity contribution >= 4 is 27.2 Å². The number of aryl methyl sites for hydroxylation is 1. The highest BCUT2D eigenvalue weighted by molar-refractivity contribution is 7.18. The van der Waals surface area contributed by atoms with E-state index in [9.17, 15) is 0 Å². The molecule has 2 heterocycles. The monoisotopic (exact) mass is 283 g/mol. The summed E-state index contributed by atoms with van der Waals surface area (Å²) in [7, 11) is 2.13. The molecule has 3 aromatic rings. The molecule has 3 rings (SSSR count). The van der Waals surface area contributed by atoms with Gasteiger partial charge in [-0.3, -0.25) is 4.98 Å². The van der Waals surface area contributed by atoms with Gasteiger partial charge in [-0.25, -0.2) is 4.98 Å². The maximum atomic E-state index is 4.50. The lowest BCUT2D eigenvalue weighted by Gasteiger charge is -2.19. The van der Waals surface area contributed by atoms with E-state index in [-0.39, 0.29) is 0 Å². The lowest BCUT2D eigenvalue weighted by Crippen LogP contribution is -2.20. The van der Waals surface area contributed by atoms with Crippen LogP contribution in [0.1, 0.15) is 10.6 Å². The smallest absolute Gasteiger partial charge is 0.0907 e. The van der Waals surface area contributed by atoms with Gasteiger partial charge in [-0.15, -0.1) is 11.3 Å². The number of likely N-dealkylation sites (N-methyl/N-ethyl adjacent to an activating group) is 1. The Hall–Kier alpha value is -1.94. The molecule has 2 aromatic heterocycles. The van der Waals surface area contributed by atoms with Gasteiger partial charge in [-0.1, -0.05) is 6.07 Å². The van der Waals surface area contributed by atoms with E-state index in [1.54, 1.807) is 11.3 Å². The maximum absolute atomic E-state index is 4.50. The Morgan fingerprint density at radius 1 is 1.25 bits per heavy atom. The SMILES string of the molecule is Cc1nc2ccc(N(C)CCc3cccnc3)cc2s1. The number of pyridine rings is 1. The number of nitrogens with zero attached hydrogens (tertiary/aromatic N) is 3. The first-order valence-electron chi connectivity index (χ1n) is 6.69. The summed E-state index contributed by atoms with van der Waals surface area (Å²) in [4.78, 5) is 10.9. The van der Waals surface area contributed by atoms with Gasteiger partial charge in [0.25, 0.3) is 0 Å². The van der Waals surface area contributed by atoms with Crippen LogP contribution in [0.15, 0.2) is 42.7 Å². The van der Waals surface area contributed by atoms with Gasteiger partial charge in [-0.05, 0) is 43.2 Å². The second-order valence-electron chi connectivity index (χ2n) is 4.92. The Kier molecular flexibility index (Phi) is 3.65. The third kappa shape index (κ3) is 2.80. The molecular formula is C16H17N3S. The Morgan fingerprint density at radius 2 is 2.15 bits per heavy atom. The number of aromatic nitrogens is 2. The molecule has 20 heavy (non-hydrogen) atoms. The average Bonchev–Trinajstić information content (AvgIpc) is 2.85. The van der Waals surface area contributed by atoms with Crippen LogP contribution >= 0.6 is 11.3 Å². The second kappa shape index (κ2) is 5.59. The summed E-state index contributed by atoms with van der Waals surface area (Å²) in [6.45, 7) is 3.03. The van der Waals surface area contributed by atoms with Gasteiger partial charge in [0.15, 0.2) is 0 Å². The van der Waals surface area contributed by atoms with Crippen molar-refractivity contribution < 1.29 is 0 Å². The van der Waals surface area contributed by atoms with Crippen molar-refractivity contribution in [3.8, 4) is 0 Å². The first-order valence-corrected chi connectivity index (χ1v) is 7.51. The van der Waals surface area contributed by atoms with Crippen molar-refractivity contribution in [2.75, 3.05) is 18.5 Å². The van der Waals surface area contributed by atoms with E-state index in [0.717, 1.165) is 23.5 Å². The topological polar surface area (TPSA) is 29.0 Å². The highest BCUT2D eigenvalue weighted by Gasteiger charge is 2.05. The van der Waals surface area contributed by atoms with Crippen molar-refractivity contribution in [1.29, 1.82) is 0 Å². The molecule has 0 amide bonds. The number of hydrogen-bond acceptors (Lipinski definition) is 4. The summed E-state index contributed by atoms with van der Waals surface area (Å²) in [5.74, 6) is 0. The highest BCUT2D eigenvalue weighted by atomic mass is 32.1. The number of benzene rings is 1. The summed E-state index contributed by atoms with van der Waals surface area (Å²) >= 11 is 1.75. The number of anilines is 1. The third-order valence-corrected chi connectivity index (χ3v) is 4.31. The minimum atomic E-state index is 0.981. The predicted molar refractivity (Wildman–Crippen MR) is 85.6 cm³/mol. The zero-order valence-electron chi connectivity index (χ0n) is 11.7. The average molecular weight is 283 g/mol. The summed E-state index contributed by atoms with van der Waals surface area (Å²) in [5, 5.41) is 1.12. The van der Waals surface area contributed by atoms with Crippen LogP contribution in [0, 0.1) is 6.92 Å². The lowest BCUT2D eigenvalue weighted by atomic mass is 10.2. The second-order valence-corrected chi connectivity index (χ2v) is 6.15. The van der Waals surface area contributed by atoms with Crippen molar-refractivity contribution in [3.63, 3.8) is 0 Å². The predicted octanol–water partition coefficient (Wildman–Crippen LogP) is 3.68. The van der Waals surface area contributed by atoms with Crippen LogP contribution in [-0.4, -0.2) is 23.6 Å². The van der Waals surface area contributed by atoms with Crippen LogP contribution in [-0.2, 0) is 6.42 Å². The van der Waals surface area contributed by atoms with Gasteiger partial charge in [0.1, 0.15) is 0 Å². The molecule has 0 radical (unpaired) electrons. The van der Waals surface area contributed by atoms with Crippen LogP contribution in [0.25, 0.3) is 10.2 Å². The molecular weight excluding hydrogens is 266 g/mol. The van der Waals surface area contributed by atoms with Gasteiger partial charge in [0.05, 0.1) is 15.2 Å². The van der Waals surface area contributed by atoms with Crippen molar-refractivity contribution in [2.24, 2.45) is 0 Å². The van der Waals surface area contributed by atoms with Crippen molar-refractivity contribution in [2.45, 2.75) is 13.3 Å². The summed E-state index contributed by atoms with van der Waals surface area (Å²) in [6, 6.07) is 10.6. The zero-order chi connectivity index (χ0) is 13.9. The molecule has 0 aliphatic carbocycles. The number of rotatable bonds is 4. The van der Waals surface area contributed by atoms with E-state index in [1.165, 1.54) is 16.0 Å². The molecule has 0 bridgehead atoms. The third-order valence-electron chi connectivity index (χ3n) is 3.38. The van der Waals surface area contributed by atoms with Crippen LogP contribution in [0.4, 0.5) is 5.69 Å². The van der Waals surface area contributed by atoms with Crippen LogP contribution in [0.3, 0.4) is 0 Å². The van der Waals surface area contributed by atoms with Gasteiger partial charge in [0.2, 0.25) is 0 Å². The van der Waals surface area contributed by atoms with Gasteiger partial charge in [0, 0.05) is 31.7 Å². The largest absolute Gasteiger partial charge is 0.374 e. The van der Waals surface area contributed by atoms with Gasteiger partial charge < -0.3 is 4.90 Å². The fourth-order valence-electron chi connectivity index (χ4n) is 2.24. The molecule has 0 atom stereocenters. The van der Waals surface area contributed by atoms with Crippen LogP contribution in [0.2, 0.25) is 0 Å². The molecule has 102 valence electrons. The molecule has 3 nitrogen and oxygen atoms in total. The van der Waals surface area contributed by atoms with E-state index < -0.39 is 0 Å². The van der Waals surface area contributed by atoms with E-state index in [2.05, 4.69) is 53.1 Å². The quantitative estimate of drug-likeness (QED) is 0.731. The fourth-order valence-corrected chi connectivity index (χ4v) is 3.10.